The normalized spacial score (nSPS) is 13.9. The van der Waals surface area contributed by atoms with Crippen LogP contribution in [-0.2, 0) is 29.5 Å². The third-order valence-electron chi connectivity index (χ3n) is 6.23. The first-order valence-electron chi connectivity index (χ1n) is 11.4. The van der Waals surface area contributed by atoms with E-state index in [1.807, 2.05) is 55.6 Å². The monoisotopic (exact) mass is 454 g/mol. The van der Waals surface area contributed by atoms with Gasteiger partial charge in [-0.3, -0.25) is 14.5 Å². The van der Waals surface area contributed by atoms with Gasteiger partial charge in [0.2, 0.25) is 5.91 Å². The molecular weight excluding hydrogens is 428 g/mol. The van der Waals surface area contributed by atoms with Gasteiger partial charge in [0, 0.05) is 19.2 Å². The zero-order valence-electron chi connectivity index (χ0n) is 19.2. The number of amides is 2. The predicted molar refractivity (Wildman–Crippen MR) is 132 cm³/mol. The van der Waals surface area contributed by atoms with Gasteiger partial charge in [-0.15, -0.1) is 0 Å². The molecule has 5 rings (SSSR count). The van der Waals surface area contributed by atoms with Crippen LogP contribution in [0.25, 0.3) is 11.0 Å². The molecule has 2 heterocycles. The minimum absolute atomic E-state index is 0.0830. The Labute approximate surface area is 198 Å². The molecule has 0 aliphatic carbocycles. The molecule has 0 spiro atoms. The second-order valence-corrected chi connectivity index (χ2v) is 8.46. The molecule has 1 aliphatic heterocycles. The first kappa shape index (κ1) is 21.7. The van der Waals surface area contributed by atoms with Crippen LogP contribution >= 0.6 is 0 Å². The maximum absolute atomic E-state index is 13.1. The number of aromatic nitrogens is 2. The van der Waals surface area contributed by atoms with E-state index in [0.717, 1.165) is 29.7 Å². The number of hydrogen-bond acceptors (Lipinski definition) is 4. The Kier molecular flexibility index (Phi) is 5.76. The van der Waals surface area contributed by atoms with Gasteiger partial charge in [-0.2, -0.15) is 0 Å². The lowest BCUT2D eigenvalue weighted by molar-refractivity contribution is -0.125. The van der Waals surface area contributed by atoms with Crippen LogP contribution in [0, 0.1) is 0 Å². The average Bonchev–Trinajstić information content (AvgIpc) is 3.17. The van der Waals surface area contributed by atoms with Crippen molar-refractivity contribution in [2.45, 2.75) is 25.8 Å². The minimum Gasteiger partial charge on any atom is -0.482 e. The lowest BCUT2D eigenvalue weighted by Gasteiger charge is -2.33. The first-order chi connectivity index (χ1) is 16.5. The molecule has 1 aliphatic rings. The highest BCUT2D eigenvalue weighted by atomic mass is 16.5. The number of aryl methyl sites for hydroxylation is 3. The molecule has 1 aromatic heterocycles. The maximum atomic E-state index is 13.1. The van der Waals surface area contributed by atoms with Crippen molar-refractivity contribution in [3.05, 3.63) is 84.2 Å². The molecule has 1 atom stereocenters. The fourth-order valence-corrected chi connectivity index (χ4v) is 4.36. The van der Waals surface area contributed by atoms with E-state index in [9.17, 15) is 9.59 Å². The molecule has 0 fully saturated rings. The number of benzene rings is 3. The largest absolute Gasteiger partial charge is 0.482 e. The second-order valence-electron chi connectivity index (χ2n) is 8.46. The number of fused-ring (bicyclic) bond motifs is 2. The molecule has 1 N–H and O–H groups in total. The molecule has 7 nitrogen and oxygen atoms in total. The van der Waals surface area contributed by atoms with Crippen molar-refractivity contribution in [1.82, 2.24) is 9.55 Å². The number of carbonyl (C=O) groups is 2. The van der Waals surface area contributed by atoms with Crippen LogP contribution < -0.4 is 15.0 Å². The fraction of sp³-hybridized carbons (Fsp3) is 0.222. The summed E-state index contributed by atoms with van der Waals surface area (Å²) in [7, 11) is 2.01. The van der Waals surface area contributed by atoms with Crippen molar-refractivity contribution < 1.29 is 14.3 Å². The smallest absolute Gasteiger partial charge is 0.265 e. The summed E-state index contributed by atoms with van der Waals surface area (Å²) in [5.74, 6) is 1.07. The van der Waals surface area contributed by atoms with Crippen LogP contribution in [-0.4, -0.2) is 34.0 Å². The first-order valence-corrected chi connectivity index (χ1v) is 11.4. The molecule has 0 saturated heterocycles. The summed E-state index contributed by atoms with van der Waals surface area (Å²) in [6, 6.07) is 22.6. The van der Waals surface area contributed by atoms with Gasteiger partial charge in [-0.1, -0.05) is 42.5 Å². The Morgan fingerprint density at radius 3 is 2.65 bits per heavy atom. The summed E-state index contributed by atoms with van der Waals surface area (Å²) in [6.07, 6.45) is 1.74. The molecule has 172 valence electrons. The lowest BCUT2D eigenvalue weighted by atomic mass is 10.1. The molecule has 0 bridgehead atoms. The molecular formula is C27H26N4O3. The Balaban J connectivity index is 1.33. The molecule has 34 heavy (non-hydrogen) atoms. The van der Waals surface area contributed by atoms with E-state index in [1.165, 1.54) is 10.5 Å². The number of carbonyl (C=O) groups excluding carboxylic acids is 2. The van der Waals surface area contributed by atoms with E-state index in [-0.39, 0.29) is 18.4 Å². The van der Waals surface area contributed by atoms with Crippen LogP contribution in [0.4, 0.5) is 11.4 Å². The van der Waals surface area contributed by atoms with Crippen molar-refractivity contribution in [3.63, 3.8) is 0 Å². The van der Waals surface area contributed by atoms with Gasteiger partial charge in [0.05, 0.1) is 16.7 Å². The van der Waals surface area contributed by atoms with Gasteiger partial charge >= 0.3 is 0 Å². The zero-order valence-corrected chi connectivity index (χ0v) is 19.2. The van der Waals surface area contributed by atoms with Crippen LogP contribution in [0.15, 0.2) is 72.8 Å². The van der Waals surface area contributed by atoms with Gasteiger partial charge in [-0.05, 0) is 49.2 Å². The molecule has 2 amide bonds. The average molecular weight is 455 g/mol. The van der Waals surface area contributed by atoms with E-state index in [0.29, 0.717) is 17.1 Å². The number of anilines is 2. The number of nitrogens with one attached hydrogen (secondary N) is 1. The topological polar surface area (TPSA) is 76.5 Å². The second kappa shape index (κ2) is 9.02. The van der Waals surface area contributed by atoms with Gasteiger partial charge in [0.25, 0.3) is 5.91 Å². The van der Waals surface area contributed by atoms with Crippen molar-refractivity contribution in [3.8, 4) is 5.75 Å². The summed E-state index contributed by atoms with van der Waals surface area (Å²) < 4.78 is 7.58. The summed E-state index contributed by atoms with van der Waals surface area (Å²) in [5.41, 5.74) is 4.35. The summed E-state index contributed by atoms with van der Waals surface area (Å²) in [5, 5.41) is 2.95. The van der Waals surface area contributed by atoms with E-state index in [2.05, 4.69) is 22.0 Å². The van der Waals surface area contributed by atoms with Crippen molar-refractivity contribution in [2.24, 2.45) is 7.05 Å². The molecule has 0 saturated carbocycles. The fourth-order valence-electron chi connectivity index (χ4n) is 4.36. The Bertz CT molecular complexity index is 1360. The summed E-state index contributed by atoms with van der Waals surface area (Å²) >= 11 is 0. The van der Waals surface area contributed by atoms with Crippen LogP contribution in [0.3, 0.4) is 0 Å². The van der Waals surface area contributed by atoms with E-state index in [1.54, 1.807) is 19.1 Å². The van der Waals surface area contributed by atoms with Crippen LogP contribution in [0.5, 0.6) is 5.75 Å². The highest BCUT2D eigenvalue weighted by Crippen LogP contribution is 2.33. The van der Waals surface area contributed by atoms with Gasteiger partial charge in [-0.25, -0.2) is 4.98 Å². The molecule has 3 aromatic carbocycles. The van der Waals surface area contributed by atoms with Crippen LogP contribution in [0.2, 0.25) is 0 Å². The molecule has 0 radical (unpaired) electrons. The number of nitrogens with zero attached hydrogens (tertiary/aromatic N) is 3. The Morgan fingerprint density at radius 2 is 1.82 bits per heavy atom. The quantitative estimate of drug-likeness (QED) is 0.476. The number of rotatable bonds is 6. The molecule has 7 heteroatoms. The van der Waals surface area contributed by atoms with Gasteiger partial charge in [0.15, 0.2) is 6.61 Å². The van der Waals surface area contributed by atoms with Crippen LogP contribution in [0.1, 0.15) is 18.3 Å². The predicted octanol–water partition coefficient (Wildman–Crippen LogP) is 4.11. The third-order valence-corrected chi connectivity index (χ3v) is 6.23. The standard InChI is InChI=1S/C27H26N4O3/c1-18(31-23-10-6-7-11-24(23)34-17-26(31)32)27(33)28-20-13-14-22-21(16-20)29-25(30(22)2)15-12-19-8-4-3-5-9-19/h3-11,13-14,16,18H,12,15,17H2,1-2H3,(H,28,33). The SMILES string of the molecule is CC(C(=O)Nc1ccc2c(c1)nc(CCc1ccccc1)n2C)N1C(=O)COc2ccccc21. The number of ether oxygens (including phenoxy) is 1. The number of para-hydroxylation sites is 2. The summed E-state index contributed by atoms with van der Waals surface area (Å²) in [6.45, 7) is 1.64. The highest BCUT2D eigenvalue weighted by molar-refractivity contribution is 6.07. The molecule has 4 aromatic rings. The Morgan fingerprint density at radius 1 is 1.06 bits per heavy atom. The van der Waals surface area contributed by atoms with E-state index < -0.39 is 6.04 Å². The van der Waals surface area contributed by atoms with E-state index >= 15 is 0 Å². The summed E-state index contributed by atoms with van der Waals surface area (Å²) in [4.78, 5) is 31.9. The van der Waals surface area contributed by atoms with Crippen molar-refractivity contribution >= 4 is 34.2 Å². The Hall–Kier alpha value is -4.13. The zero-order chi connectivity index (χ0) is 23.7. The number of imidazole rings is 1. The third kappa shape index (κ3) is 4.12. The van der Waals surface area contributed by atoms with Crippen molar-refractivity contribution in [1.29, 1.82) is 0 Å². The van der Waals surface area contributed by atoms with E-state index in [4.69, 9.17) is 9.72 Å². The minimum atomic E-state index is -0.696. The maximum Gasteiger partial charge on any atom is 0.265 e. The van der Waals surface area contributed by atoms with Gasteiger partial charge < -0.3 is 14.6 Å². The number of hydrogen-bond donors (Lipinski definition) is 1. The lowest BCUT2D eigenvalue weighted by Crippen LogP contribution is -2.49. The van der Waals surface area contributed by atoms with Crippen molar-refractivity contribution in [2.75, 3.05) is 16.8 Å². The highest BCUT2D eigenvalue weighted by Gasteiger charge is 2.33. The molecule has 1 unspecified atom stereocenters. The van der Waals surface area contributed by atoms with Gasteiger partial charge in [0.1, 0.15) is 17.6 Å².